The molecule has 0 atom stereocenters. The summed E-state index contributed by atoms with van der Waals surface area (Å²) in [6.07, 6.45) is 1.32. The molecule has 1 aromatic carbocycles. The van der Waals surface area contributed by atoms with Crippen molar-refractivity contribution in [1.82, 2.24) is 10.6 Å². The van der Waals surface area contributed by atoms with Gasteiger partial charge < -0.3 is 15.4 Å². The molecule has 1 amide bonds. The molecule has 0 aromatic heterocycles. The summed E-state index contributed by atoms with van der Waals surface area (Å²) in [7, 11) is 1.61. The smallest absolute Gasteiger partial charge is 0.233 e. The molecule has 0 fully saturated rings. The Bertz CT molecular complexity index is 430. The molecule has 0 saturated heterocycles. The third-order valence-corrected chi connectivity index (χ3v) is 3.22. The summed E-state index contributed by atoms with van der Waals surface area (Å²) in [6.45, 7) is 2.04. The molecule has 2 N–H and O–H groups in total. The highest BCUT2D eigenvalue weighted by Crippen LogP contribution is 2.16. The van der Waals surface area contributed by atoms with Gasteiger partial charge in [-0.1, -0.05) is 22.0 Å². The Morgan fingerprint density at radius 2 is 2.20 bits per heavy atom. The van der Waals surface area contributed by atoms with E-state index in [-0.39, 0.29) is 18.3 Å². The molecule has 1 rings (SSSR count). The van der Waals surface area contributed by atoms with Crippen LogP contribution in [0.15, 0.2) is 22.7 Å². The minimum atomic E-state index is -0.216. The Labute approximate surface area is 127 Å². The summed E-state index contributed by atoms with van der Waals surface area (Å²) in [4.78, 5) is 11.4. The van der Waals surface area contributed by atoms with Gasteiger partial charge in [-0.05, 0) is 30.5 Å². The van der Waals surface area contributed by atoms with Gasteiger partial charge in [0.1, 0.15) is 5.82 Å². The van der Waals surface area contributed by atoms with Crippen LogP contribution in [0.2, 0.25) is 0 Å². The van der Waals surface area contributed by atoms with E-state index in [1.165, 1.54) is 6.07 Å². The lowest BCUT2D eigenvalue weighted by atomic mass is 10.1. The van der Waals surface area contributed by atoms with E-state index in [2.05, 4.69) is 26.6 Å². The fourth-order valence-corrected chi connectivity index (χ4v) is 2.00. The Kier molecular flexibility index (Phi) is 8.41. The topological polar surface area (TPSA) is 50.4 Å². The zero-order chi connectivity index (χ0) is 14.8. The van der Waals surface area contributed by atoms with Crippen LogP contribution in [0.5, 0.6) is 0 Å². The third-order valence-electron chi connectivity index (χ3n) is 2.73. The van der Waals surface area contributed by atoms with Gasteiger partial charge in [-0.2, -0.15) is 0 Å². The Morgan fingerprint density at radius 1 is 1.40 bits per heavy atom. The summed E-state index contributed by atoms with van der Waals surface area (Å²) < 4.78 is 19.1. The number of rotatable bonds is 9. The Hall–Kier alpha value is -0.980. The standard InChI is InChI=1S/C14H20BrFN2O2/c1-20-8-7-17-10-14(19)18-6-2-3-11-4-5-12(15)9-13(11)16/h4-5,9,17H,2-3,6-8,10H2,1H3,(H,18,19). The quantitative estimate of drug-likeness (QED) is 0.671. The van der Waals surface area contributed by atoms with Crippen molar-refractivity contribution in [3.8, 4) is 0 Å². The predicted molar refractivity (Wildman–Crippen MR) is 80.2 cm³/mol. The van der Waals surface area contributed by atoms with Crippen LogP contribution in [-0.4, -0.2) is 39.3 Å². The summed E-state index contributed by atoms with van der Waals surface area (Å²) in [6, 6.07) is 5.03. The van der Waals surface area contributed by atoms with E-state index >= 15 is 0 Å². The minimum absolute atomic E-state index is 0.0580. The maximum Gasteiger partial charge on any atom is 0.233 e. The minimum Gasteiger partial charge on any atom is -0.383 e. The second-order valence-corrected chi connectivity index (χ2v) is 5.27. The van der Waals surface area contributed by atoms with Crippen LogP contribution in [0.4, 0.5) is 4.39 Å². The largest absolute Gasteiger partial charge is 0.383 e. The first kappa shape index (κ1) is 17.1. The average molecular weight is 347 g/mol. The maximum atomic E-state index is 13.5. The Balaban J connectivity index is 2.13. The third kappa shape index (κ3) is 6.98. The van der Waals surface area contributed by atoms with Gasteiger partial charge in [0.15, 0.2) is 0 Å². The van der Waals surface area contributed by atoms with Gasteiger partial charge in [0.05, 0.1) is 13.2 Å². The number of amides is 1. The Morgan fingerprint density at radius 3 is 2.90 bits per heavy atom. The van der Waals surface area contributed by atoms with E-state index in [1.54, 1.807) is 13.2 Å². The van der Waals surface area contributed by atoms with Crippen LogP contribution in [0.25, 0.3) is 0 Å². The van der Waals surface area contributed by atoms with Gasteiger partial charge in [0.2, 0.25) is 5.91 Å². The number of halogens is 2. The van der Waals surface area contributed by atoms with Crippen molar-refractivity contribution in [3.05, 3.63) is 34.1 Å². The number of hydrogen-bond acceptors (Lipinski definition) is 3. The lowest BCUT2D eigenvalue weighted by molar-refractivity contribution is -0.120. The first-order valence-electron chi connectivity index (χ1n) is 6.53. The van der Waals surface area contributed by atoms with Gasteiger partial charge in [0, 0.05) is 24.7 Å². The van der Waals surface area contributed by atoms with E-state index in [4.69, 9.17) is 4.74 Å². The summed E-state index contributed by atoms with van der Waals surface area (Å²) in [5, 5.41) is 5.74. The van der Waals surface area contributed by atoms with Gasteiger partial charge >= 0.3 is 0 Å². The van der Waals surface area contributed by atoms with E-state index in [9.17, 15) is 9.18 Å². The zero-order valence-electron chi connectivity index (χ0n) is 11.5. The summed E-state index contributed by atoms with van der Waals surface area (Å²) in [5.74, 6) is -0.274. The average Bonchev–Trinajstić information content (AvgIpc) is 2.41. The van der Waals surface area contributed by atoms with Crippen molar-refractivity contribution >= 4 is 21.8 Å². The van der Waals surface area contributed by atoms with Crippen LogP contribution in [0, 0.1) is 5.82 Å². The van der Waals surface area contributed by atoms with Gasteiger partial charge in [-0.3, -0.25) is 4.79 Å². The molecule has 0 aliphatic heterocycles. The van der Waals surface area contributed by atoms with Crippen LogP contribution >= 0.6 is 15.9 Å². The fraction of sp³-hybridized carbons (Fsp3) is 0.500. The SMILES string of the molecule is COCCNCC(=O)NCCCc1ccc(Br)cc1F. The lowest BCUT2D eigenvalue weighted by Gasteiger charge is -2.07. The van der Waals surface area contributed by atoms with E-state index in [0.29, 0.717) is 38.1 Å². The van der Waals surface area contributed by atoms with E-state index in [1.807, 2.05) is 6.07 Å². The van der Waals surface area contributed by atoms with Crippen molar-refractivity contribution in [2.24, 2.45) is 0 Å². The monoisotopic (exact) mass is 346 g/mol. The first-order valence-corrected chi connectivity index (χ1v) is 7.33. The second-order valence-electron chi connectivity index (χ2n) is 4.36. The fourth-order valence-electron chi connectivity index (χ4n) is 1.67. The van der Waals surface area contributed by atoms with Gasteiger partial charge in [-0.25, -0.2) is 4.39 Å². The molecular formula is C14H20BrFN2O2. The number of nitrogens with one attached hydrogen (secondary N) is 2. The van der Waals surface area contributed by atoms with Crippen LogP contribution in [0.1, 0.15) is 12.0 Å². The van der Waals surface area contributed by atoms with Crippen molar-refractivity contribution in [3.63, 3.8) is 0 Å². The maximum absolute atomic E-state index is 13.5. The van der Waals surface area contributed by atoms with Crippen LogP contribution < -0.4 is 10.6 Å². The molecule has 0 unspecified atom stereocenters. The predicted octanol–water partition coefficient (Wildman–Crippen LogP) is 1.87. The number of aryl methyl sites for hydroxylation is 1. The molecule has 0 saturated carbocycles. The summed E-state index contributed by atoms with van der Waals surface area (Å²) in [5.41, 5.74) is 0.667. The van der Waals surface area contributed by atoms with E-state index in [0.717, 1.165) is 4.47 Å². The number of carbonyl (C=O) groups is 1. The molecule has 0 heterocycles. The molecular weight excluding hydrogens is 327 g/mol. The van der Waals surface area contributed by atoms with Crippen LogP contribution in [-0.2, 0) is 16.0 Å². The number of carbonyl (C=O) groups excluding carboxylic acids is 1. The highest BCUT2D eigenvalue weighted by atomic mass is 79.9. The van der Waals surface area contributed by atoms with Crippen molar-refractivity contribution in [2.45, 2.75) is 12.8 Å². The first-order chi connectivity index (χ1) is 9.63. The molecule has 0 aliphatic carbocycles. The number of benzene rings is 1. The van der Waals surface area contributed by atoms with Gasteiger partial charge in [-0.15, -0.1) is 0 Å². The molecule has 1 aromatic rings. The van der Waals surface area contributed by atoms with Crippen LogP contribution in [0.3, 0.4) is 0 Å². The van der Waals surface area contributed by atoms with Gasteiger partial charge in [0.25, 0.3) is 0 Å². The lowest BCUT2D eigenvalue weighted by Crippen LogP contribution is -2.35. The van der Waals surface area contributed by atoms with Crippen molar-refractivity contribution in [1.29, 1.82) is 0 Å². The zero-order valence-corrected chi connectivity index (χ0v) is 13.1. The molecule has 4 nitrogen and oxygen atoms in total. The number of hydrogen-bond donors (Lipinski definition) is 2. The molecule has 20 heavy (non-hydrogen) atoms. The summed E-state index contributed by atoms with van der Waals surface area (Å²) >= 11 is 3.22. The number of methoxy groups -OCH3 is 1. The normalized spacial score (nSPS) is 10.6. The van der Waals surface area contributed by atoms with Crippen molar-refractivity contribution < 1.29 is 13.9 Å². The molecule has 0 bridgehead atoms. The molecule has 112 valence electrons. The molecule has 0 spiro atoms. The van der Waals surface area contributed by atoms with E-state index < -0.39 is 0 Å². The molecule has 6 heteroatoms. The van der Waals surface area contributed by atoms with Crippen molar-refractivity contribution in [2.75, 3.05) is 33.4 Å². The highest BCUT2D eigenvalue weighted by Gasteiger charge is 2.03. The molecule has 0 aliphatic rings. The molecule has 0 radical (unpaired) electrons. The highest BCUT2D eigenvalue weighted by molar-refractivity contribution is 9.10. The number of ether oxygens (including phenoxy) is 1. The second kappa shape index (κ2) is 9.85.